The number of rotatable bonds is 4. The van der Waals surface area contributed by atoms with Crippen molar-refractivity contribution in [1.29, 1.82) is 0 Å². The first kappa shape index (κ1) is 18.1. The molecule has 1 aliphatic rings. The molecule has 1 aliphatic carbocycles. The standard InChI is InChI=1S/C16H25N3O.HI/c1-3-11(2)19-16(17)18-10-14-13-7-5-4-6-12(13)8-9-15(14)20;/h8-9,11,20H,3-7,10H2,1-2H3,(H3,17,18,19);1H. The van der Waals surface area contributed by atoms with Gasteiger partial charge in [-0.25, -0.2) is 4.99 Å². The molecule has 0 spiro atoms. The first-order chi connectivity index (χ1) is 9.61. The number of aromatic hydroxyl groups is 1. The van der Waals surface area contributed by atoms with Crippen molar-refractivity contribution in [3.63, 3.8) is 0 Å². The minimum absolute atomic E-state index is 0. The Bertz CT molecular complexity index is 503. The fraction of sp³-hybridized carbons (Fsp3) is 0.562. The van der Waals surface area contributed by atoms with Crippen LogP contribution in [-0.2, 0) is 19.4 Å². The lowest BCUT2D eigenvalue weighted by atomic mass is 9.88. The summed E-state index contributed by atoms with van der Waals surface area (Å²) >= 11 is 0. The van der Waals surface area contributed by atoms with Gasteiger partial charge in [0.25, 0.3) is 0 Å². The Hall–Kier alpha value is -0.980. The molecule has 5 heteroatoms. The van der Waals surface area contributed by atoms with Crippen molar-refractivity contribution in [2.45, 2.75) is 58.5 Å². The molecule has 118 valence electrons. The van der Waals surface area contributed by atoms with Crippen LogP contribution in [0.25, 0.3) is 0 Å². The second kappa shape index (κ2) is 8.46. The van der Waals surface area contributed by atoms with E-state index >= 15 is 0 Å². The second-order valence-electron chi connectivity index (χ2n) is 5.56. The fourth-order valence-electron chi connectivity index (χ4n) is 2.63. The average molecular weight is 403 g/mol. The maximum Gasteiger partial charge on any atom is 0.189 e. The molecule has 0 radical (unpaired) electrons. The van der Waals surface area contributed by atoms with E-state index < -0.39 is 0 Å². The third-order valence-corrected chi connectivity index (χ3v) is 4.04. The highest BCUT2D eigenvalue weighted by Crippen LogP contribution is 2.30. The van der Waals surface area contributed by atoms with E-state index in [0.717, 1.165) is 24.8 Å². The summed E-state index contributed by atoms with van der Waals surface area (Å²) in [6.45, 7) is 4.62. The molecule has 0 saturated carbocycles. The van der Waals surface area contributed by atoms with Crippen LogP contribution in [0.1, 0.15) is 49.8 Å². The zero-order chi connectivity index (χ0) is 14.5. The molecular weight excluding hydrogens is 377 g/mol. The van der Waals surface area contributed by atoms with Crippen molar-refractivity contribution in [1.82, 2.24) is 5.32 Å². The summed E-state index contributed by atoms with van der Waals surface area (Å²) in [5.41, 5.74) is 9.45. The van der Waals surface area contributed by atoms with Crippen LogP contribution < -0.4 is 11.1 Å². The number of phenolic OH excluding ortho intramolecular Hbond substituents is 1. The predicted molar refractivity (Wildman–Crippen MR) is 98.4 cm³/mol. The van der Waals surface area contributed by atoms with Gasteiger partial charge in [0.1, 0.15) is 5.75 Å². The van der Waals surface area contributed by atoms with Crippen LogP contribution in [0.4, 0.5) is 0 Å². The molecule has 0 bridgehead atoms. The van der Waals surface area contributed by atoms with Gasteiger partial charge in [-0.15, -0.1) is 24.0 Å². The van der Waals surface area contributed by atoms with Crippen LogP contribution in [-0.4, -0.2) is 17.1 Å². The number of hydrogen-bond donors (Lipinski definition) is 3. The molecule has 0 amide bonds. The molecule has 1 atom stereocenters. The number of fused-ring (bicyclic) bond motifs is 1. The van der Waals surface area contributed by atoms with Crippen LogP contribution in [0.5, 0.6) is 5.75 Å². The van der Waals surface area contributed by atoms with E-state index in [1.54, 1.807) is 6.07 Å². The molecule has 1 unspecified atom stereocenters. The Balaban J connectivity index is 0.00000220. The van der Waals surface area contributed by atoms with Gasteiger partial charge in [-0.3, -0.25) is 0 Å². The summed E-state index contributed by atoms with van der Waals surface area (Å²) in [5, 5.41) is 13.2. The Labute approximate surface area is 144 Å². The number of nitrogens with one attached hydrogen (secondary N) is 1. The van der Waals surface area contributed by atoms with E-state index in [1.807, 2.05) is 6.07 Å². The van der Waals surface area contributed by atoms with E-state index in [4.69, 9.17) is 5.73 Å². The molecule has 4 nitrogen and oxygen atoms in total. The molecule has 0 aliphatic heterocycles. The molecule has 0 heterocycles. The summed E-state index contributed by atoms with van der Waals surface area (Å²) in [7, 11) is 0. The first-order valence-corrected chi connectivity index (χ1v) is 7.50. The highest BCUT2D eigenvalue weighted by molar-refractivity contribution is 14.0. The molecule has 0 fully saturated rings. The summed E-state index contributed by atoms with van der Waals surface area (Å²) in [6.07, 6.45) is 5.56. The topological polar surface area (TPSA) is 70.6 Å². The predicted octanol–water partition coefficient (Wildman–Crippen LogP) is 3.09. The molecule has 1 aromatic carbocycles. The van der Waals surface area contributed by atoms with Gasteiger partial charge in [-0.05, 0) is 56.2 Å². The van der Waals surface area contributed by atoms with Gasteiger partial charge in [0.05, 0.1) is 6.54 Å². The van der Waals surface area contributed by atoms with Gasteiger partial charge in [0.15, 0.2) is 5.96 Å². The van der Waals surface area contributed by atoms with Crippen molar-refractivity contribution < 1.29 is 5.11 Å². The molecular formula is C16H26IN3O. The number of aryl methyl sites for hydroxylation is 1. The Morgan fingerprint density at radius 2 is 2.10 bits per heavy atom. The third kappa shape index (κ3) is 4.76. The summed E-state index contributed by atoms with van der Waals surface area (Å²) in [5.74, 6) is 0.790. The van der Waals surface area contributed by atoms with Gasteiger partial charge in [0.2, 0.25) is 0 Å². The van der Waals surface area contributed by atoms with Crippen LogP contribution in [0.2, 0.25) is 0 Å². The quantitative estimate of drug-likeness (QED) is 0.411. The van der Waals surface area contributed by atoms with Crippen LogP contribution >= 0.6 is 24.0 Å². The number of benzene rings is 1. The van der Waals surface area contributed by atoms with Crippen molar-refractivity contribution >= 4 is 29.9 Å². The van der Waals surface area contributed by atoms with Gasteiger partial charge >= 0.3 is 0 Å². The number of guanidine groups is 1. The number of nitrogens with two attached hydrogens (primary N) is 1. The Morgan fingerprint density at radius 3 is 2.81 bits per heavy atom. The maximum atomic E-state index is 10.1. The van der Waals surface area contributed by atoms with Crippen molar-refractivity contribution in [3.05, 3.63) is 28.8 Å². The first-order valence-electron chi connectivity index (χ1n) is 7.50. The normalized spacial score (nSPS) is 15.8. The highest BCUT2D eigenvalue weighted by atomic mass is 127. The number of halogens is 1. The van der Waals surface area contributed by atoms with Crippen molar-refractivity contribution in [2.24, 2.45) is 10.7 Å². The molecule has 4 N–H and O–H groups in total. The van der Waals surface area contributed by atoms with Gasteiger partial charge in [-0.2, -0.15) is 0 Å². The summed E-state index contributed by atoms with van der Waals surface area (Å²) < 4.78 is 0. The Kier molecular flexibility index (Phi) is 7.28. The number of hydrogen-bond acceptors (Lipinski definition) is 2. The van der Waals surface area contributed by atoms with E-state index in [2.05, 4.69) is 24.2 Å². The SMILES string of the molecule is CCC(C)NC(N)=NCc1c(O)ccc2c1CCCC2.I. The monoisotopic (exact) mass is 403 g/mol. The van der Waals surface area contributed by atoms with Gasteiger partial charge in [-0.1, -0.05) is 13.0 Å². The zero-order valence-corrected chi connectivity index (χ0v) is 15.2. The van der Waals surface area contributed by atoms with Gasteiger partial charge < -0.3 is 16.2 Å². The van der Waals surface area contributed by atoms with Crippen molar-refractivity contribution in [3.8, 4) is 5.75 Å². The zero-order valence-electron chi connectivity index (χ0n) is 12.9. The summed E-state index contributed by atoms with van der Waals surface area (Å²) in [6, 6.07) is 4.14. The largest absolute Gasteiger partial charge is 0.508 e. The molecule has 1 aromatic rings. The number of aliphatic imine (C=N–C) groups is 1. The smallest absolute Gasteiger partial charge is 0.189 e. The van der Waals surface area contributed by atoms with E-state index in [-0.39, 0.29) is 24.0 Å². The molecule has 0 saturated heterocycles. The number of nitrogens with zero attached hydrogens (tertiary/aromatic N) is 1. The lowest BCUT2D eigenvalue weighted by Crippen LogP contribution is -2.38. The van der Waals surface area contributed by atoms with E-state index in [9.17, 15) is 5.11 Å². The van der Waals surface area contributed by atoms with E-state index in [1.165, 1.54) is 24.0 Å². The molecule has 21 heavy (non-hydrogen) atoms. The third-order valence-electron chi connectivity index (χ3n) is 4.04. The Morgan fingerprint density at radius 1 is 1.38 bits per heavy atom. The van der Waals surface area contributed by atoms with Crippen LogP contribution in [0, 0.1) is 0 Å². The van der Waals surface area contributed by atoms with Crippen LogP contribution in [0.15, 0.2) is 17.1 Å². The number of phenols is 1. The second-order valence-corrected chi connectivity index (χ2v) is 5.56. The average Bonchev–Trinajstić information content (AvgIpc) is 2.46. The highest BCUT2D eigenvalue weighted by Gasteiger charge is 2.16. The van der Waals surface area contributed by atoms with E-state index in [0.29, 0.717) is 24.3 Å². The lowest BCUT2D eigenvalue weighted by molar-refractivity contribution is 0.465. The van der Waals surface area contributed by atoms with Gasteiger partial charge in [0, 0.05) is 11.6 Å². The molecule has 0 aromatic heterocycles. The minimum Gasteiger partial charge on any atom is -0.508 e. The lowest BCUT2D eigenvalue weighted by Gasteiger charge is -2.20. The van der Waals surface area contributed by atoms with Crippen LogP contribution in [0.3, 0.4) is 0 Å². The fourth-order valence-corrected chi connectivity index (χ4v) is 2.63. The minimum atomic E-state index is 0. The maximum absolute atomic E-state index is 10.1. The molecule has 2 rings (SSSR count). The summed E-state index contributed by atoms with van der Waals surface area (Å²) in [4.78, 5) is 4.37. The van der Waals surface area contributed by atoms with Crippen molar-refractivity contribution in [2.75, 3.05) is 0 Å².